The molecular weight excluding hydrogens is 411 g/mol. The number of aliphatic imine (C=N–C) groups is 1. The van der Waals surface area contributed by atoms with Gasteiger partial charge >= 0.3 is 0 Å². The van der Waals surface area contributed by atoms with Crippen LogP contribution in [0.5, 0.6) is 0 Å². The van der Waals surface area contributed by atoms with E-state index >= 15 is 0 Å². The van der Waals surface area contributed by atoms with Gasteiger partial charge in [0.2, 0.25) is 0 Å². The minimum Gasteiger partial charge on any atom is -0.379 e. The van der Waals surface area contributed by atoms with Gasteiger partial charge in [-0.05, 0) is 17.9 Å². The molecule has 22 heavy (non-hydrogen) atoms. The molecule has 0 radical (unpaired) electrons. The van der Waals surface area contributed by atoms with Gasteiger partial charge in [-0.1, -0.05) is 6.07 Å². The van der Waals surface area contributed by atoms with Crippen LogP contribution in [0, 0.1) is 0 Å². The van der Waals surface area contributed by atoms with Crippen LogP contribution in [0.1, 0.15) is 11.3 Å². The smallest absolute Gasteiger partial charge is 0.193 e. The summed E-state index contributed by atoms with van der Waals surface area (Å²) < 4.78 is 5.44. The van der Waals surface area contributed by atoms with Crippen molar-refractivity contribution in [3.8, 4) is 0 Å². The van der Waals surface area contributed by atoms with Gasteiger partial charge in [-0.2, -0.15) is 0 Å². The molecule has 1 unspecified atom stereocenters. The molecule has 1 aromatic heterocycles. The summed E-state index contributed by atoms with van der Waals surface area (Å²) >= 11 is 1.78. The highest BCUT2D eigenvalue weighted by Crippen LogP contribution is 2.17. The number of rotatable bonds is 3. The van der Waals surface area contributed by atoms with Crippen LogP contribution in [0.15, 0.2) is 22.5 Å². The summed E-state index contributed by atoms with van der Waals surface area (Å²) in [5.41, 5.74) is 0. The van der Waals surface area contributed by atoms with Crippen molar-refractivity contribution in [1.82, 2.24) is 15.1 Å². The highest BCUT2D eigenvalue weighted by atomic mass is 127. The van der Waals surface area contributed by atoms with E-state index < -0.39 is 0 Å². The van der Waals surface area contributed by atoms with Crippen molar-refractivity contribution in [2.45, 2.75) is 19.0 Å². The van der Waals surface area contributed by atoms with Crippen molar-refractivity contribution < 1.29 is 4.74 Å². The van der Waals surface area contributed by atoms with Gasteiger partial charge in [-0.15, -0.1) is 35.3 Å². The third kappa shape index (κ3) is 4.56. The molecule has 5 nitrogen and oxygen atoms in total. The molecule has 1 N–H and O–H groups in total. The molecule has 0 amide bonds. The van der Waals surface area contributed by atoms with Gasteiger partial charge in [-0.3, -0.25) is 9.89 Å². The Morgan fingerprint density at radius 3 is 2.91 bits per heavy atom. The van der Waals surface area contributed by atoms with Gasteiger partial charge in [0, 0.05) is 44.1 Å². The molecule has 1 atom stereocenters. The van der Waals surface area contributed by atoms with Gasteiger partial charge in [0.1, 0.15) is 0 Å². The molecule has 0 saturated carbocycles. The zero-order chi connectivity index (χ0) is 14.5. The van der Waals surface area contributed by atoms with E-state index in [-0.39, 0.29) is 24.0 Å². The van der Waals surface area contributed by atoms with Crippen molar-refractivity contribution in [2.24, 2.45) is 4.99 Å². The first-order chi connectivity index (χ1) is 10.4. The van der Waals surface area contributed by atoms with Crippen LogP contribution < -0.4 is 5.32 Å². The Balaban J connectivity index is 0.00000176. The summed E-state index contributed by atoms with van der Waals surface area (Å²) in [6, 6.07) is 4.90. The second kappa shape index (κ2) is 9.05. The largest absolute Gasteiger partial charge is 0.379 e. The monoisotopic (exact) mass is 436 g/mol. The van der Waals surface area contributed by atoms with Crippen molar-refractivity contribution >= 4 is 41.3 Å². The molecule has 2 fully saturated rings. The van der Waals surface area contributed by atoms with Crippen molar-refractivity contribution in [2.75, 3.05) is 46.4 Å². The van der Waals surface area contributed by atoms with E-state index in [1.807, 2.05) is 7.05 Å². The summed E-state index contributed by atoms with van der Waals surface area (Å²) in [5.74, 6) is 1.03. The van der Waals surface area contributed by atoms with E-state index in [9.17, 15) is 0 Å². The van der Waals surface area contributed by atoms with Crippen LogP contribution in [-0.2, 0) is 11.3 Å². The second-order valence-electron chi connectivity index (χ2n) is 5.52. The van der Waals surface area contributed by atoms with E-state index in [4.69, 9.17) is 4.74 Å². The van der Waals surface area contributed by atoms with E-state index in [0.29, 0.717) is 6.04 Å². The number of hydrogen-bond donors (Lipinski definition) is 1. The highest BCUT2D eigenvalue weighted by molar-refractivity contribution is 14.0. The highest BCUT2D eigenvalue weighted by Gasteiger charge is 2.30. The number of guanidine groups is 1. The molecule has 2 aliphatic rings. The molecule has 0 aromatic carbocycles. The van der Waals surface area contributed by atoms with Crippen LogP contribution in [0.4, 0.5) is 0 Å². The molecule has 0 bridgehead atoms. The molecule has 2 aliphatic heterocycles. The van der Waals surface area contributed by atoms with E-state index in [1.165, 1.54) is 11.3 Å². The first kappa shape index (κ1) is 18.0. The standard InChI is InChI=1S/C15H24N4OS.HI/c1-16-15(17-11-14-3-2-10-21-14)19-5-4-13(12-19)18-6-8-20-9-7-18;/h2-3,10,13H,4-9,11-12H2,1H3,(H,16,17);1H. The number of ether oxygens (including phenoxy) is 1. The van der Waals surface area contributed by atoms with Gasteiger partial charge in [-0.25, -0.2) is 0 Å². The number of morpholine rings is 1. The van der Waals surface area contributed by atoms with E-state index in [0.717, 1.165) is 51.9 Å². The van der Waals surface area contributed by atoms with Crippen molar-refractivity contribution in [3.05, 3.63) is 22.4 Å². The quantitative estimate of drug-likeness (QED) is 0.446. The molecule has 7 heteroatoms. The average Bonchev–Trinajstić information content (AvgIpc) is 3.20. The van der Waals surface area contributed by atoms with Crippen LogP contribution in [0.25, 0.3) is 0 Å². The predicted molar refractivity (Wildman–Crippen MR) is 102 cm³/mol. The van der Waals surface area contributed by atoms with Gasteiger partial charge in [0.25, 0.3) is 0 Å². The van der Waals surface area contributed by atoms with Crippen LogP contribution >= 0.6 is 35.3 Å². The Bertz CT molecular complexity index is 462. The maximum absolute atomic E-state index is 5.44. The second-order valence-corrected chi connectivity index (χ2v) is 6.55. The van der Waals surface area contributed by atoms with Crippen LogP contribution in [0.2, 0.25) is 0 Å². The minimum atomic E-state index is 0. The summed E-state index contributed by atoms with van der Waals surface area (Å²) in [5, 5.41) is 5.60. The fourth-order valence-electron chi connectivity index (χ4n) is 3.09. The molecule has 0 aliphatic carbocycles. The third-order valence-electron chi connectivity index (χ3n) is 4.24. The number of nitrogens with one attached hydrogen (secondary N) is 1. The number of nitrogens with zero attached hydrogens (tertiary/aromatic N) is 3. The summed E-state index contributed by atoms with van der Waals surface area (Å²) in [6.45, 7) is 6.92. The zero-order valence-corrected chi connectivity index (χ0v) is 16.2. The lowest BCUT2D eigenvalue weighted by Crippen LogP contribution is -2.46. The Hall–Kier alpha value is -0.380. The molecule has 1 aromatic rings. The normalized spacial score (nSPS) is 23.4. The van der Waals surface area contributed by atoms with Gasteiger partial charge in [0.15, 0.2) is 5.96 Å². The zero-order valence-electron chi connectivity index (χ0n) is 13.0. The minimum absolute atomic E-state index is 0. The van der Waals surface area contributed by atoms with Crippen LogP contribution in [0.3, 0.4) is 0 Å². The Labute approximate surface area is 153 Å². The first-order valence-electron chi connectivity index (χ1n) is 7.66. The summed E-state index contributed by atoms with van der Waals surface area (Å²) in [6.07, 6.45) is 1.22. The molecular formula is C15H25IN4OS. The van der Waals surface area contributed by atoms with E-state index in [2.05, 4.69) is 37.6 Å². The Morgan fingerprint density at radius 1 is 1.41 bits per heavy atom. The fourth-order valence-corrected chi connectivity index (χ4v) is 3.73. The van der Waals surface area contributed by atoms with Gasteiger partial charge in [0.05, 0.1) is 19.8 Å². The molecule has 3 heterocycles. The lowest BCUT2D eigenvalue weighted by Gasteiger charge is -2.32. The average molecular weight is 436 g/mol. The predicted octanol–water partition coefficient (Wildman–Crippen LogP) is 1.85. The topological polar surface area (TPSA) is 40.1 Å². The lowest BCUT2D eigenvalue weighted by molar-refractivity contribution is 0.0195. The molecule has 124 valence electrons. The van der Waals surface area contributed by atoms with Crippen molar-refractivity contribution in [3.63, 3.8) is 0 Å². The van der Waals surface area contributed by atoms with Crippen molar-refractivity contribution in [1.29, 1.82) is 0 Å². The van der Waals surface area contributed by atoms with Gasteiger partial charge < -0.3 is 15.0 Å². The molecule has 3 rings (SSSR count). The van der Waals surface area contributed by atoms with Crippen LogP contribution in [-0.4, -0.2) is 68.2 Å². The first-order valence-corrected chi connectivity index (χ1v) is 8.54. The number of hydrogen-bond acceptors (Lipinski definition) is 4. The number of likely N-dealkylation sites (tertiary alicyclic amines) is 1. The summed E-state index contributed by atoms with van der Waals surface area (Å²) in [7, 11) is 1.87. The number of halogens is 1. The SMILES string of the molecule is CN=C(NCc1cccs1)N1CCC(N2CCOCC2)C1.I. The fraction of sp³-hybridized carbons (Fsp3) is 0.667. The Kier molecular flexibility index (Phi) is 7.39. The third-order valence-corrected chi connectivity index (χ3v) is 5.11. The lowest BCUT2D eigenvalue weighted by atomic mass is 10.2. The Morgan fingerprint density at radius 2 is 2.23 bits per heavy atom. The number of thiophene rings is 1. The van der Waals surface area contributed by atoms with E-state index in [1.54, 1.807) is 11.3 Å². The maximum Gasteiger partial charge on any atom is 0.193 e. The molecule has 2 saturated heterocycles. The summed E-state index contributed by atoms with van der Waals surface area (Å²) in [4.78, 5) is 10.7. The maximum atomic E-state index is 5.44. The molecule has 0 spiro atoms.